The average Bonchev–Trinajstić information content (AvgIpc) is 2.95. The van der Waals surface area contributed by atoms with Crippen molar-refractivity contribution in [2.24, 2.45) is 5.10 Å². The Morgan fingerprint density at radius 2 is 1.96 bits per heavy atom. The van der Waals surface area contributed by atoms with E-state index in [4.69, 9.17) is 0 Å². The second kappa shape index (κ2) is 6.66. The molecule has 0 spiro atoms. The van der Waals surface area contributed by atoms with Gasteiger partial charge in [-0.2, -0.15) is 5.10 Å². The van der Waals surface area contributed by atoms with E-state index in [9.17, 15) is 4.79 Å². The maximum absolute atomic E-state index is 12.5. The van der Waals surface area contributed by atoms with Crippen LogP contribution in [0.25, 0.3) is 5.65 Å². The summed E-state index contributed by atoms with van der Waals surface area (Å²) in [6.07, 6.45) is 2.82. The van der Waals surface area contributed by atoms with Gasteiger partial charge < -0.3 is 0 Å². The van der Waals surface area contributed by atoms with Crippen LogP contribution in [0.1, 0.15) is 41.2 Å². The molecule has 0 aliphatic carbocycles. The van der Waals surface area contributed by atoms with Gasteiger partial charge >= 0.3 is 0 Å². The normalized spacial score (nSPS) is 11.7. The number of hydrazone groups is 1. The monoisotopic (exact) mass is 320 g/mol. The number of imidazole rings is 1. The molecule has 1 N–H and O–H groups in total. The fraction of sp³-hybridized carbons (Fsp3) is 0.211. The summed E-state index contributed by atoms with van der Waals surface area (Å²) in [5.41, 5.74) is 7.59. The maximum atomic E-state index is 12.5. The Morgan fingerprint density at radius 3 is 2.67 bits per heavy atom. The van der Waals surface area contributed by atoms with Crippen LogP contribution in [-0.2, 0) is 6.42 Å². The first-order valence-corrected chi connectivity index (χ1v) is 7.97. The minimum absolute atomic E-state index is 0.268. The van der Waals surface area contributed by atoms with Gasteiger partial charge in [0.1, 0.15) is 11.3 Å². The summed E-state index contributed by atoms with van der Waals surface area (Å²) in [6.45, 7) is 5.82. The Hall–Kier alpha value is -2.95. The number of pyridine rings is 1. The van der Waals surface area contributed by atoms with Crippen LogP contribution in [0.3, 0.4) is 0 Å². The molecule has 5 nitrogen and oxygen atoms in total. The third-order valence-corrected chi connectivity index (χ3v) is 4.02. The number of benzene rings is 1. The topological polar surface area (TPSA) is 58.8 Å². The van der Waals surface area contributed by atoms with Crippen LogP contribution in [0.15, 0.2) is 53.8 Å². The number of hydrogen-bond acceptors (Lipinski definition) is 3. The first-order valence-electron chi connectivity index (χ1n) is 7.97. The van der Waals surface area contributed by atoms with E-state index in [1.807, 2.05) is 50.4 Å². The van der Waals surface area contributed by atoms with E-state index in [1.165, 1.54) is 5.56 Å². The van der Waals surface area contributed by atoms with Crippen molar-refractivity contribution in [3.63, 3.8) is 0 Å². The van der Waals surface area contributed by atoms with Crippen molar-refractivity contribution in [3.05, 3.63) is 71.2 Å². The highest BCUT2D eigenvalue weighted by Gasteiger charge is 2.15. The van der Waals surface area contributed by atoms with E-state index in [2.05, 4.69) is 34.6 Å². The van der Waals surface area contributed by atoms with Gasteiger partial charge in [0, 0.05) is 6.20 Å². The van der Waals surface area contributed by atoms with E-state index in [-0.39, 0.29) is 5.91 Å². The highest BCUT2D eigenvalue weighted by molar-refractivity contribution is 6.01. The SMILES string of the molecule is CCc1ccc(/C(C)=N\NC(=O)c2c(C)nc3ccccn23)cc1. The Bertz CT molecular complexity index is 907. The lowest BCUT2D eigenvalue weighted by Gasteiger charge is -2.05. The average molecular weight is 320 g/mol. The van der Waals surface area contributed by atoms with Crippen molar-refractivity contribution in [3.8, 4) is 0 Å². The molecular weight excluding hydrogens is 300 g/mol. The predicted molar refractivity (Wildman–Crippen MR) is 95.4 cm³/mol. The number of nitrogens with zero attached hydrogens (tertiary/aromatic N) is 3. The van der Waals surface area contributed by atoms with Gasteiger partial charge in [-0.25, -0.2) is 10.4 Å². The van der Waals surface area contributed by atoms with Gasteiger partial charge in [0.15, 0.2) is 0 Å². The predicted octanol–water partition coefficient (Wildman–Crippen LogP) is 3.36. The summed E-state index contributed by atoms with van der Waals surface area (Å²) in [7, 11) is 0. The highest BCUT2D eigenvalue weighted by Crippen LogP contribution is 2.12. The zero-order valence-corrected chi connectivity index (χ0v) is 14.1. The van der Waals surface area contributed by atoms with Crippen molar-refractivity contribution < 1.29 is 4.79 Å². The molecule has 0 saturated carbocycles. The third kappa shape index (κ3) is 3.06. The molecule has 122 valence electrons. The zero-order valence-electron chi connectivity index (χ0n) is 14.1. The number of aromatic nitrogens is 2. The largest absolute Gasteiger partial charge is 0.295 e. The summed E-state index contributed by atoms with van der Waals surface area (Å²) in [6, 6.07) is 13.8. The molecule has 0 aliphatic rings. The number of carbonyl (C=O) groups excluding carboxylic acids is 1. The molecule has 0 bridgehead atoms. The van der Waals surface area contributed by atoms with Crippen LogP contribution in [0, 0.1) is 6.92 Å². The molecule has 24 heavy (non-hydrogen) atoms. The van der Waals surface area contributed by atoms with Crippen molar-refractivity contribution in [2.45, 2.75) is 27.2 Å². The highest BCUT2D eigenvalue weighted by atomic mass is 16.2. The van der Waals surface area contributed by atoms with E-state index in [0.717, 1.165) is 23.3 Å². The summed E-state index contributed by atoms with van der Waals surface area (Å²) < 4.78 is 1.77. The number of carbonyl (C=O) groups is 1. The molecule has 3 rings (SSSR count). The summed E-state index contributed by atoms with van der Waals surface area (Å²) >= 11 is 0. The second-order valence-electron chi connectivity index (χ2n) is 5.66. The van der Waals surface area contributed by atoms with Gasteiger partial charge in [0.05, 0.1) is 11.4 Å². The van der Waals surface area contributed by atoms with Crippen LogP contribution in [0.4, 0.5) is 0 Å². The summed E-state index contributed by atoms with van der Waals surface area (Å²) in [5, 5.41) is 4.23. The van der Waals surface area contributed by atoms with Crippen LogP contribution >= 0.6 is 0 Å². The van der Waals surface area contributed by atoms with Crippen molar-refractivity contribution in [1.29, 1.82) is 0 Å². The number of nitrogens with one attached hydrogen (secondary N) is 1. The van der Waals surface area contributed by atoms with Crippen molar-refractivity contribution in [1.82, 2.24) is 14.8 Å². The molecule has 0 radical (unpaired) electrons. The van der Waals surface area contributed by atoms with Gasteiger partial charge in [0.25, 0.3) is 5.91 Å². The van der Waals surface area contributed by atoms with Crippen molar-refractivity contribution >= 4 is 17.3 Å². The Labute approximate surface area is 141 Å². The van der Waals surface area contributed by atoms with Gasteiger partial charge in [-0.3, -0.25) is 9.20 Å². The minimum atomic E-state index is -0.268. The van der Waals surface area contributed by atoms with E-state index < -0.39 is 0 Å². The Kier molecular flexibility index (Phi) is 4.42. The van der Waals surface area contributed by atoms with Gasteiger partial charge in [0.2, 0.25) is 0 Å². The smallest absolute Gasteiger partial charge is 0.290 e. The number of amides is 1. The minimum Gasteiger partial charge on any atom is -0.295 e. The van der Waals surface area contributed by atoms with Gasteiger partial charge in [-0.1, -0.05) is 37.3 Å². The molecule has 0 atom stereocenters. The summed E-state index contributed by atoms with van der Waals surface area (Å²) in [5.74, 6) is -0.268. The fourth-order valence-corrected chi connectivity index (χ4v) is 2.62. The molecular formula is C19H20N4O. The second-order valence-corrected chi connectivity index (χ2v) is 5.66. The quantitative estimate of drug-likeness (QED) is 0.592. The molecule has 3 aromatic rings. The molecule has 2 heterocycles. The fourth-order valence-electron chi connectivity index (χ4n) is 2.62. The number of rotatable bonds is 4. The van der Waals surface area contributed by atoms with Crippen LogP contribution in [0.5, 0.6) is 0 Å². The lowest BCUT2D eigenvalue weighted by atomic mass is 10.1. The van der Waals surface area contributed by atoms with Crippen LogP contribution in [0.2, 0.25) is 0 Å². The first-order chi connectivity index (χ1) is 11.6. The third-order valence-electron chi connectivity index (χ3n) is 4.02. The van der Waals surface area contributed by atoms with Crippen LogP contribution < -0.4 is 5.43 Å². The van der Waals surface area contributed by atoms with Gasteiger partial charge in [-0.15, -0.1) is 0 Å². The summed E-state index contributed by atoms with van der Waals surface area (Å²) in [4.78, 5) is 16.9. The number of hydrogen-bond donors (Lipinski definition) is 1. The molecule has 0 fully saturated rings. The lowest BCUT2D eigenvalue weighted by molar-refractivity contribution is 0.0948. The molecule has 0 aliphatic heterocycles. The molecule has 2 aromatic heterocycles. The van der Waals surface area contributed by atoms with Gasteiger partial charge in [-0.05, 0) is 43.5 Å². The molecule has 0 saturated heterocycles. The van der Waals surface area contributed by atoms with E-state index >= 15 is 0 Å². The Morgan fingerprint density at radius 1 is 1.21 bits per heavy atom. The molecule has 1 amide bonds. The number of fused-ring (bicyclic) bond motifs is 1. The maximum Gasteiger partial charge on any atom is 0.290 e. The van der Waals surface area contributed by atoms with E-state index in [0.29, 0.717) is 11.4 Å². The molecule has 1 aromatic carbocycles. The standard InChI is InChI=1S/C19H20N4O/c1-4-15-8-10-16(11-9-15)13(2)21-22-19(24)18-14(3)20-17-7-5-6-12-23(17)18/h5-12H,4H2,1-3H3,(H,22,24)/b21-13-. The van der Waals surface area contributed by atoms with Crippen molar-refractivity contribution in [2.75, 3.05) is 0 Å². The zero-order chi connectivity index (χ0) is 17.1. The molecule has 0 unspecified atom stereocenters. The van der Waals surface area contributed by atoms with E-state index in [1.54, 1.807) is 4.40 Å². The van der Waals surface area contributed by atoms with Crippen LogP contribution in [-0.4, -0.2) is 21.0 Å². The number of aryl methyl sites for hydroxylation is 2. The Balaban J connectivity index is 1.82. The lowest BCUT2D eigenvalue weighted by Crippen LogP contribution is -2.21. The molecule has 5 heteroatoms. The first kappa shape index (κ1) is 15.9.